The lowest BCUT2D eigenvalue weighted by Crippen LogP contribution is -2.59. The Kier molecular flexibility index (Phi) is 9.94. The monoisotopic (exact) mass is 717 g/mol. The van der Waals surface area contributed by atoms with Crippen LogP contribution in [0.5, 0.6) is 11.5 Å². The van der Waals surface area contributed by atoms with Crippen molar-refractivity contribution in [3.05, 3.63) is 78.4 Å². The topological polar surface area (TPSA) is 99.6 Å². The van der Waals surface area contributed by atoms with E-state index in [4.69, 9.17) is 20.9 Å². The van der Waals surface area contributed by atoms with Gasteiger partial charge in [0.15, 0.2) is 0 Å². The number of benzene rings is 3. The molecule has 1 amide bonds. The lowest BCUT2D eigenvalue weighted by molar-refractivity contribution is -0.164. The molecule has 0 saturated heterocycles. The summed E-state index contributed by atoms with van der Waals surface area (Å²) in [5.74, 6) is 4.48. The SMILES string of the molecule is C[C@H](CCC(=O)Nc1ccc(C(F)(F)F)cc1)[C@H]1CC[C@H]2[C@@H]3CC(Oc4cccc(N)c4)C4CC(Oc5cccc(N)c5)CC[C@]4(C)[C@H]3CC[C@]12C. The second kappa shape index (κ2) is 14.2. The molecular weight excluding hydrogens is 663 g/mol. The van der Waals surface area contributed by atoms with Gasteiger partial charge >= 0.3 is 6.18 Å². The smallest absolute Gasteiger partial charge is 0.416 e. The molecule has 4 fully saturated rings. The Morgan fingerprint density at radius 3 is 2.12 bits per heavy atom. The summed E-state index contributed by atoms with van der Waals surface area (Å²) < 4.78 is 52.5. The molecule has 6 nitrogen and oxygen atoms in total. The van der Waals surface area contributed by atoms with Crippen molar-refractivity contribution < 1.29 is 27.4 Å². The summed E-state index contributed by atoms with van der Waals surface area (Å²) in [5, 5.41) is 2.80. The number of rotatable bonds is 9. The molecule has 0 aliphatic heterocycles. The fourth-order valence-electron chi connectivity index (χ4n) is 11.5. The maximum atomic E-state index is 13.0. The first kappa shape index (κ1) is 36.5. The van der Waals surface area contributed by atoms with Crippen LogP contribution in [0.1, 0.15) is 90.5 Å². The number of nitrogens with two attached hydrogens (primary N) is 2. The zero-order valence-electron chi connectivity index (χ0n) is 30.6. The van der Waals surface area contributed by atoms with Crippen molar-refractivity contribution in [3.63, 3.8) is 0 Å². The summed E-state index contributed by atoms with van der Waals surface area (Å²) in [5.41, 5.74) is 13.7. The van der Waals surface area contributed by atoms with E-state index >= 15 is 0 Å². The molecule has 4 aliphatic carbocycles. The number of ether oxygens (including phenoxy) is 2. The van der Waals surface area contributed by atoms with Crippen LogP contribution in [0.15, 0.2) is 72.8 Å². The number of carbonyl (C=O) groups is 1. The minimum atomic E-state index is -4.40. The minimum absolute atomic E-state index is 0.0491. The van der Waals surface area contributed by atoms with Crippen LogP contribution in [0.2, 0.25) is 0 Å². The third-order valence-electron chi connectivity index (χ3n) is 14.0. The molecule has 4 saturated carbocycles. The molecular formula is C43H54F3N3O3. The molecule has 52 heavy (non-hydrogen) atoms. The van der Waals surface area contributed by atoms with Crippen LogP contribution in [0.25, 0.3) is 0 Å². The van der Waals surface area contributed by atoms with E-state index < -0.39 is 11.7 Å². The van der Waals surface area contributed by atoms with Crippen LogP contribution in [-0.2, 0) is 11.0 Å². The van der Waals surface area contributed by atoms with Crippen molar-refractivity contribution >= 4 is 23.0 Å². The zero-order chi connectivity index (χ0) is 36.8. The molecule has 3 unspecified atom stereocenters. The van der Waals surface area contributed by atoms with Gasteiger partial charge in [-0.1, -0.05) is 32.9 Å². The number of amides is 1. The van der Waals surface area contributed by atoms with Crippen molar-refractivity contribution in [3.8, 4) is 11.5 Å². The van der Waals surface area contributed by atoms with E-state index in [9.17, 15) is 18.0 Å². The average Bonchev–Trinajstić information content (AvgIpc) is 3.45. The molecule has 3 aromatic carbocycles. The van der Waals surface area contributed by atoms with Crippen LogP contribution in [0.3, 0.4) is 0 Å². The lowest BCUT2D eigenvalue weighted by Gasteiger charge is -2.63. The van der Waals surface area contributed by atoms with Crippen LogP contribution >= 0.6 is 0 Å². The summed E-state index contributed by atoms with van der Waals surface area (Å²) in [7, 11) is 0. The number of nitrogen functional groups attached to an aromatic ring is 2. The Hall–Kier alpha value is -3.88. The van der Waals surface area contributed by atoms with Crippen LogP contribution in [-0.4, -0.2) is 18.1 Å². The maximum Gasteiger partial charge on any atom is 0.416 e. The Bertz CT molecular complexity index is 1730. The van der Waals surface area contributed by atoms with Gasteiger partial charge < -0.3 is 26.3 Å². The molecule has 9 heteroatoms. The van der Waals surface area contributed by atoms with E-state index in [0.717, 1.165) is 62.2 Å². The molecule has 10 atom stereocenters. The maximum absolute atomic E-state index is 13.0. The molecule has 280 valence electrons. The number of anilines is 3. The first-order valence-corrected chi connectivity index (χ1v) is 19.2. The number of carbonyl (C=O) groups excluding carboxylic acids is 1. The molecule has 3 aromatic rings. The normalized spacial score (nSPS) is 33.2. The van der Waals surface area contributed by atoms with Crippen molar-refractivity contribution in [2.75, 3.05) is 16.8 Å². The summed E-state index contributed by atoms with van der Waals surface area (Å²) in [6.07, 6.45) is 5.65. The molecule has 7 rings (SSSR count). The molecule has 0 radical (unpaired) electrons. The second-order valence-electron chi connectivity index (χ2n) is 16.9. The van der Waals surface area contributed by atoms with Crippen molar-refractivity contribution in [1.82, 2.24) is 0 Å². The second-order valence-corrected chi connectivity index (χ2v) is 16.9. The largest absolute Gasteiger partial charge is 0.490 e. The van der Waals surface area contributed by atoms with E-state index in [2.05, 4.69) is 26.1 Å². The number of hydrogen-bond acceptors (Lipinski definition) is 5. The molecule has 0 spiro atoms. The summed E-state index contributed by atoms with van der Waals surface area (Å²) in [6, 6.07) is 20.2. The number of fused-ring (bicyclic) bond motifs is 5. The van der Waals surface area contributed by atoms with Crippen molar-refractivity contribution in [2.45, 2.75) is 103 Å². The highest BCUT2D eigenvalue weighted by molar-refractivity contribution is 5.90. The van der Waals surface area contributed by atoms with E-state index in [0.29, 0.717) is 59.0 Å². The predicted octanol–water partition coefficient (Wildman–Crippen LogP) is 10.4. The number of halogens is 3. The Morgan fingerprint density at radius 1 is 0.827 bits per heavy atom. The summed E-state index contributed by atoms with van der Waals surface area (Å²) >= 11 is 0. The average molecular weight is 718 g/mol. The Morgan fingerprint density at radius 2 is 1.46 bits per heavy atom. The number of alkyl halides is 3. The molecule has 0 aromatic heterocycles. The van der Waals surface area contributed by atoms with Gasteiger partial charge in [-0.15, -0.1) is 0 Å². The first-order chi connectivity index (χ1) is 24.7. The van der Waals surface area contributed by atoms with E-state index in [1.165, 1.54) is 31.4 Å². The quantitative estimate of drug-likeness (QED) is 0.191. The highest BCUT2D eigenvalue weighted by Crippen LogP contribution is 2.68. The summed E-state index contributed by atoms with van der Waals surface area (Å²) in [4.78, 5) is 12.9. The lowest BCUT2D eigenvalue weighted by atomic mass is 9.43. The third-order valence-corrected chi connectivity index (χ3v) is 14.0. The van der Waals surface area contributed by atoms with Crippen LogP contribution < -0.4 is 26.3 Å². The minimum Gasteiger partial charge on any atom is -0.490 e. The Balaban J connectivity index is 1.05. The van der Waals surface area contributed by atoms with Gasteiger partial charge in [0.1, 0.15) is 17.6 Å². The first-order valence-electron chi connectivity index (χ1n) is 19.2. The Labute approximate surface area is 306 Å². The van der Waals surface area contributed by atoms with Crippen molar-refractivity contribution in [2.24, 2.45) is 46.3 Å². The van der Waals surface area contributed by atoms with Gasteiger partial charge in [0, 0.05) is 41.5 Å². The fraction of sp³-hybridized carbons (Fsp3) is 0.558. The van der Waals surface area contributed by atoms with Gasteiger partial charge in [-0.2, -0.15) is 13.2 Å². The third kappa shape index (κ3) is 7.21. The van der Waals surface area contributed by atoms with Crippen molar-refractivity contribution in [1.29, 1.82) is 0 Å². The van der Waals surface area contributed by atoms with Gasteiger partial charge in [0.2, 0.25) is 5.91 Å². The molecule has 5 N–H and O–H groups in total. The van der Waals surface area contributed by atoms with Gasteiger partial charge in [-0.05, 0) is 147 Å². The van der Waals surface area contributed by atoms with Gasteiger partial charge in [0.25, 0.3) is 0 Å². The molecule has 0 heterocycles. The van der Waals surface area contributed by atoms with E-state index in [1.54, 1.807) is 0 Å². The predicted molar refractivity (Wildman–Crippen MR) is 200 cm³/mol. The van der Waals surface area contributed by atoms with Gasteiger partial charge in [0.05, 0.1) is 11.7 Å². The molecule has 0 bridgehead atoms. The highest BCUT2D eigenvalue weighted by Gasteiger charge is 2.63. The van der Waals surface area contributed by atoms with E-state index in [1.807, 2.05) is 48.5 Å². The zero-order valence-corrected chi connectivity index (χ0v) is 30.6. The van der Waals surface area contributed by atoms with E-state index in [-0.39, 0.29) is 28.9 Å². The standard InChI is InChI=1S/C43H54F3N3O3/c1-26(10-17-40(50)49-30-13-11-27(12-14-30)43(44,45)46)35-15-16-36-34-25-39(52-32-9-5-7-29(48)23-32)38-24-33(51-31-8-4-6-28(47)22-31)18-20-42(38,3)37(34)19-21-41(35,36)2/h4-9,11-14,22-23,26,33-39H,10,15-21,24-25,47-48H2,1-3H3,(H,49,50)/t26-,33?,34+,35-,36+,37+,38?,39?,41-,42-/m1/s1. The van der Waals surface area contributed by atoms with Crippen LogP contribution in [0.4, 0.5) is 30.2 Å². The number of nitrogens with one attached hydrogen (secondary N) is 1. The van der Waals surface area contributed by atoms with Gasteiger partial charge in [-0.25, -0.2) is 0 Å². The number of hydrogen-bond donors (Lipinski definition) is 3. The summed E-state index contributed by atoms with van der Waals surface area (Å²) in [6.45, 7) is 7.35. The highest BCUT2D eigenvalue weighted by atomic mass is 19.4. The van der Waals surface area contributed by atoms with Crippen LogP contribution in [0, 0.1) is 46.3 Å². The fourth-order valence-corrected chi connectivity index (χ4v) is 11.5. The molecule has 4 aliphatic rings. The van der Waals surface area contributed by atoms with Gasteiger partial charge in [-0.3, -0.25) is 4.79 Å².